The Morgan fingerprint density at radius 1 is 1.59 bits per heavy atom. The summed E-state index contributed by atoms with van der Waals surface area (Å²) in [7, 11) is 0. The second kappa shape index (κ2) is 4.93. The summed E-state index contributed by atoms with van der Waals surface area (Å²) in [6.07, 6.45) is 0.845. The average Bonchev–Trinajstić information content (AvgIpc) is 2.86. The average molecular weight is 253 g/mol. The third-order valence-electron chi connectivity index (χ3n) is 2.96. The lowest BCUT2D eigenvalue weighted by atomic mass is 10.0. The minimum absolute atomic E-state index is 0.0142. The highest BCUT2D eigenvalue weighted by atomic mass is 32.1. The molecule has 1 aliphatic heterocycles. The molecule has 0 radical (unpaired) electrons. The molecule has 0 aliphatic carbocycles. The summed E-state index contributed by atoms with van der Waals surface area (Å²) in [5, 5.41) is 8.15. The van der Waals surface area contributed by atoms with Gasteiger partial charge in [-0.05, 0) is 19.9 Å². The van der Waals surface area contributed by atoms with Crippen LogP contribution in [0.1, 0.15) is 30.8 Å². The first-order chi connectivity index (χ1) is 8.08. The molecule has 0 bridgehead atoms. The van der Waals surface area contributed by atoms with E-state index in [2.05, 4.69) is 15.6 Å². The van der Waals surface area contributed by atoms with Crippen molar-refractivity contribution in [3.8, 4) is 0 Å². The first-order valence-electron chi connectivity index (χ1n) is 5.58. The van der Waals surface area contributed by atoms with Crippen molar-refractivity contribution in [1.29, 1.82) is 0 Å². The molecule has 2 heterocycles. The number of amides is 1. The standard InChI is InChI=1S/C11H15N3O2S/c1-6-8(3-4-12-6)10(16)14-11-13-9(5-17-11)7(2)15/h5-6,8,12H,3-4H2,1-2H3,(H,13,14,16). The Kier molecular flexibility index (Phi) is 3.54. The van der Waals surface area contributed by atoms with Crippen molar-refractivity contribution in [1.82, 2.24) is 10.3 Å². The van der Waals surface area contributed by atoms with Gasteiger partial charge in [0.25, 0.3) is 0 Å². The van der Waals surface area contributed by atoms with Crippen molar-refractivity contribution in [2.75, 3.05) is 11.9 Å². The SMILES string of the molecule is CC(=O)c1csc(NC(=O)C2CCNC2C)n1. The normalized spacial score (nSPS) is 23.6. The molecule has 1 amide bonds. The molecule has 0 aromatic carbocycles. The third kappa shape index (κ3) is 2.70. The molecule has 1 aromatic rings. The minimum atomic E-state index is -0.0855. The van der Waals surface area contributed by atoms with Crippen LogP contribution in [-0.4, -0.2) is 29.3 Å². The first-order valence-corrected chi connectivity index (χ1v) is 6.46. The van der Waals surface area contributed by atoms with E-state index in [9.17, 15) is 9.59 Å². The van der Waals surface area contributed by atoms with Crippen LogP contribution < -0.4 is 10.6 Å². The molecule has 2 rings (SSSR count). The van der Waals surface area contributed by atoms with Gasteiger partial charge < -0.3 is 10.6 Å². The van der Waals surface area contributed by atoms with E-state index in [-0.39, 0.29) is 23.7 Å². The monoisotopic (exact) mass is 253 g/mol. The zero-order valence-electron chi connectivity index (χ0n) is 9.82. The molecule has 1 fully saturated rings. The van der Waals surface area contributed by atoms with Crippen molar-refractivity contribution >= 4 is 28.2 Å². The molecule has 6 heteroatoms. The smallest absolute Gasteiger partial charge is 0.230 e. The van der Waals surface area contributed by atoms with Crippen LogP contribution in [0.15, 0.2) is 5.38 Å². The Labute approximate surface area is 104 Å². The predicted octanol–water partition coefficient (Wildman–Crippen LogP) is 1.28. The first kappa shape index (κ1) is 12.2. The van der Waals surface area contributed by atoms with Crippen molar-refractivity contribution < 1.29 is 9.59 Å². The van der Waals surface area contributed by atoms with Gasteiger partial charge in [-0.2, -0.15) is 0 Å². The molecule has 0 saturated carbocycles. The van der Waals surface area contributed by atoms with Gasteiger partial charge in [-0.15, -0.1) is 11.3 Å². The van der Waals surface area contributed by atoms with Crippen molar-refractivity contribution in [3.05, 3.63) is 11.1 Å². The van der Waals surface area contributed by atoms with Gasteiger partial charge >= 0.3 is 0 Å². The van der Waals surface area contributed by atoms with Gasteiger partial charge in [0, 0.05) is 18.3 Å². The molecule has 17 heavy (non-hydrogen) atoms. The van der Waals surface area contributed by atoms with Crippen molar-refractivity contribution in [2.24, 2.45) is 5.92 Å². The Bertz CT molecular complexity index is 444. The van der Waals surface area contributed by atoms with E-state index in [1.807, 2.05) is 6.92 Å². The molecule has 1 saturated heterocycles. The van der Waals surface area contributed by atoms with Crippen LogP contribution in [0.2, 0.25) is 0 Å². The highest BCUT2D eigenvalue weighted by Gasteiger charge is 2.29. The van der Waals surface area contributed by atoms with Gasteiger partial charge in [-0.25, -0.2) is 4.98 Å². The van der Waals surface area contributed by atoms with Gasteiger partial charge in [0.1, 0.15) is 5.69 Å². The summed E-state index contributed by atoms with van der Waals surface area (Å²) in [6.45, 7) is 4.33. The molecule has 5 nitrogen and oxygen atoms in total. The summed E-state index contributed by atoms with van der Waals surface area (Å²) in [4.78, 5) is 27.1. The maximum Gasteiger partial charge on any atom is 0.230 e. The van der Waals surface area contributed by atoms with Gasteiger partial charge in [-0.3, -0.25) is 9.59 Å². The number of hydrogen-bond acceptors (Lipinski definition) is 5. The summed E-state index contributed by atoms with van der Waals surface area (Å²) >= 11 is 1.28. The number of carbonyl (C=O) groups excluding carboxylic acids is 2. The molecule has 92 valence electrons. The number of hydrogen-bond donors (Lipinski definition) is 2. The van der Waals surface area contributed by atoms with Gasteiger partial charge in [0.05, 0.1) is 5.92 Å². The van der Waals surface area contributed by atoms with E-state index in [1.165, 1.54) is 18.3 Å². The van der Waals surface area contributed by atoms with Crippen molar-refractivity contribution in [2.45, 2.75) is 26.3 Å². The number of Topliss-reactive ketones (excluding diaryl/α,β-unsaturated/α-hetero) is 1. The highest BCUT2D eigenvalue weighted by Crippen LogP contribution is 2.20. The fraction of sp³-hybridized carbons (Fsp3) is 0.545. The van der Waals surface area contributed by atoms with E-state index in [0.717, 1.165) is 13.0 Å². The third-order valence-corrected chi connectivity index (χ3v) is 3.71. The zero-order chi connectivity index (χ0) is 12.4. The van der Waals surface area contributed by atoms with Crippen LogP contribution in [-0.2, 0) is 4.79 Å². The second-order valence-electron chi connectivity index (χ2n) is 4.22. The predicted molar refractivity (Wildman–Crippen MR) is 66.3 cm³/mol. The number of nitrogens with zero attached hydrogens (tertiary/aromatic N) is 1. The molecule has 1 aliphatic rings. The van der Waals surface area contributed by atoms with Gasteiger partial charge in [0.2, 0.25) is 5.91 Å². The lowest BCUT2D eigenvalue weighted by molar-refractivity contribution is -0.120. The summed E-state index contributed by atoms with van der Waals surface area (Å²) in [5.74, 6) is -0.121. The summed E-state index contributed by atoms with van der Waals surface area (Å²) < 4.78 is 0. The van der Waals surface area contributed by atoms with E-state index in [0.29, 0.717) is 10.8 Å². The lowest BCUT2D eigenvalue weighted by Gasteiger charge is -2.13. The number of thiazole rings is 1. The summed E-state index contributed by atoms with van der Waals surface area (Å²) in [5.41, 5.74) is 0.405. The largest absolute Gasteiger partial charge is 0.313 e. The van der Waals surface area contributed by atoms with Gasteiger partial charge in [-0.1, -0.05) is 0 Å². The minimum Gasteiger partial charge on any atom is -0.313 e. The fourth-order valence-electron chi connectivity index (χ4n) is 1.91. The van der Waals surface area contributed by atoms with Crippen LogP contribution in [0.4, 0.5) is 5.13 Å². The highest BCUT2D eigenvalue weighted by molar-refractivity contribution is 7.14. The quantitative estimate of drug-likeness (QED) is 0.796. The maximum absolute atomic E-state index is 11.9. The molecule has 2 N–H and O–H groups in total. The maximum atomic E-state index is 11.9. The number of ketones is 1. The number of carbonyl (C=O) groups is 2. The van der Waals surface area contributed by atoms with Crippen LogP contribution in [0.25, 0.3) is 0 Å². The zero-order valence-corrected chi connectivity index (χ0v) is 10.6. The fourth-order valence-corrected chi connectivity index (χ4v) is 2.66. The molecule has 1 aromatic heterocycles. The Hall–Kier alpha value is -1.27. The Morgan fingerprint density at radius 3 is 2.88 bits per heavy atom. The Balaban J connectivity index is 2.00. The number of nitrogens with one attached hydrogen (secondary N) is 2. The second-order valence-corrected chi connectivity index (χ2v) is 5.08. The van der Waals surface area contributed by atoms with Gasteiger partial charge in [0.15, 0.2) is 10.9 Å². The van der Waals surface area contributed by atoms with Crippen LogP contribution >= 0.6 is 11.3 Å². The Morgan fingerprint density at radius 2 is 2.35 bits per heavy atom. The lowest BCUT2D eigenvalue weighted by Crippen LogP contribution is -2.32. The van der Waals surface area contributed by atoms with Crippen molar-refractivity contribution in [3.63, 3.8) is 0 Å². The number of aromatic nitrogens is 1. The molecule has 2 unspecified atom stereocenters. The topological polar surface area (TPSA) is 71.1 Å². The molecular weight excluding hydrogens is 238 g/mol. The van der Waals surface area contributed by atoms with Crippen LogP contribution in [0.3, 0.4) is 0 Å². The van der Waals surface area contributed by atoms with Crippen LogP contribution in [0.5, 0.6) is 0 Å². The molecule has 2 atom stereocenters. The van der Waals surface area contributed by atoms with E-state index in [4.69, 9.17) is 0 Å². The molecular formula is C11H15N3O2S. The number of rotatable bonds is 3. The summed E-state index contributed by atoms with van der Waals surface area (Å²) in [6, 6.07) is 0.197. The van der Waals surface area contributed by atoms with E-state index in [1.54, 1.807) is 5.38 Å². The van der Waals surface area contributed by atoms with Crippen LogP contribution in [0, 0.1) is 5.92 Å². The molecule has 0 spiro atoms. The van der Waals surface area contributed by atoms with E-state index < -0.39 is 0 Å². The number of anilines is 1. The van der Waals surface area contributed by atoms with E-state index >= 15 is 0 Å².